The van der Waals surface area contributed by atoms with Crippen molar-refractivity contribution in [1.82, 2.24) is 4.57 Å². The Bertz CT molecular complexity index is 864. The fourth-order valence-corrected chi connectivity index (χ4v) is 4.29. The van der Waals surface area contributed by atoms with Crippen LogP contribution < -0.4 is 10.3 Å². The molecule has 0 radical (unpaired) electrons. The zero-order valence-corrected chi connectivity index (χ0v) is 14.6. The van der Waals surface area contributed by atoms with Gasteiger partial charge in [0.05, 0.1) is 4.90 Å². The van der Waals surface area contributed by atoms with E-state index in [-0.39, 0.29) is 16.1 Å². The summed E-state index contributed by atoms with van der Waals surface area (Å²) in [6, 6.07) is 10.1. The molecule has 24 heavy (non-hydrogen) atoms. The third kappa shape index (κ3) is 3.53. The largest absolute Gasteiger partial charge is 0.317 e. The molecule has 1 heterocycles. The van der Waals surface area contributed by atoms with Crippen molar-refractivity contribution in [3.63, 3.8) is 0 Å². The highest BCUT2D eigenvalue weighted by Crippen LogP contribution is 2.32. The second-order valence-electron chi connectivity index (χ2n) is 6.35. The first-order valence-electron chi connectivity index (χ1n) is 8.26. The van der Waals surface area contributed by atoms with Gasteiger partial charge in [-0.25, -0.2) is 8.42 Å². The van der Waals surface area contributed by atoms with Gasteiger partial charge >= 0.3 is 0 Å². The molecule has 1 aromatic carbocycles. The Hall–Kier alpha value is -2.08. The lowest BCUT2D eigenvalue weighted by atomic mass is 9.84. The first-order chi connectivity index (χ1) is 11.5. The minimum atomic E-state index is -3.76. The molecule has 1 N–H and O–H groups in total. The Morgan fingerprint density at radius 3 is 2.38 bits per heavy atom. The van der Waals surface area contributed by atoms with Crippen LogP contribution >= 0.6 is 0 Å². The van der Waals surface area contributed by atoms with E-state index in [1.807, 2.05) is 12.1 Å². The molecule has 0 saturated heterocycles. The number of nitrogens with one attached hydrogen (secondary N) is 1. The van der Waals surface area contributed by atoms with Gasteiger partial charge in [-0.15, -0.1) is 0 Å². The number of aryl methyl sites for hydroxylation is 1. The molecule has 1 aliphatic rings. The van der Waals surface area contributed by atoms with Gasteiger partial charge in [-0.05, 0) is 48.6 Å². The summed E-state index contributed by atoms with van der Waals surface area (Å²) >= 11 is 0. The second kappa shape index (κ2) is 6.81. The van der Waals surface area contributed by atoms with Crippen LogP contribution in [0, 0.1) is 0 Å². The van der Waals surface area contributed by atoms with E-state index in [1.54, 1.807) is 31.4 Å². The molecule has 0 bridgehead atoms. The average molecular weight is 346 g/mol. The molecule has 0 aliphatic heterocycles. The number of sulfonamides is 1. The van der Waals surface area contributed by atoms with Crippen molar-refractivity contribution >= 4 is 15.7 Å². The van der Waals surface area contributed by atoms with Gasteiger partial charge in [-0.3, -0.25) is 9.52 Å². The molecule has 5 nitrogen and oxygen atoms in total. The molecule has 2 aromatic rings. The van der Waals surface area contributed by atoms with Crippen molar-refractivity contribution < 1.29 is 8.42 Å². The SMILES string of the molecule is Cn1cccc(NS(=O)(=O)c2ccc(C3CCCCC3)cc2)c1=O. The normalized spacial score (nSPS) is 16.0. The third-order valence-electron chi connectivity index (χ3n) is 4.63. The predicted octanol–water partition coefficient (Wildman–Crippen LogP) is 3.23. The number of aromatic nitrogens is 1. The molecule has 1 aliphatic carbocycles. The summed E-state index contributed by atoms with van der Waals surface area (Å²) in [4.78, 5) is 12.1. The molecule has 3 rings (SSSR count). The molecule has 1 saturated carbocycles. The van der Waals surface area contributed by atoms with Crippen molar-refractivity contribution in [3.05, 3.63) is 58.5 Å². The number of hydrogen-bond donors (Lipinski definition) is 1. The lowest BCUT2D eigenvalue weighted by Gasteiger charge is -2.22. The molecule has 0 amide bonds. The van der Waals surface area contributed by atoms with Crippen LogP contribution in [0.2, 0.25) is 0 Å². The quantitative estimate of drug-likeness (QED) is 0.924. The van der Waals surface area contributed by atoms with Crippen molar-refractivity contribution in [1.29, 1.82) is 0 Å². The minimum Gasteiger partial charge on any atom is -0.317 e. The minimum absolute atomic E-state index is 0.0522. The topological polar surface area (TPSA) is 68.2 Å². The zero-order valence-electron chi connectivity index (χ0n) is 13.7. The standard InChI is InChI=1S/C18H22N2O3S/c1-20-13-5-8-17(18(20)21)19-24(22,23)16-11-9-15(10-12-16)14-6-3-2-4-7-14/h5,8-14,19H,2-4,6-7H2,1H3. The van der Waals surface area contributed by atoms with Gasteiger partial charge in [0, 0.05) is 13.2 Å². The third-order valence-corrected chi connectivity index (χ3v) is 6.02. The van der Waals surface area contributed by atoms with Gasteiger partial charge < -0.3 is 4.57 Å². The van der Waals surface area contributed by atoms with Crippen LogP contribution in [0.3, 0.4) is 0 Å². The Balaban J connectivity index is 1.82. The number of nitrogens with zero attached hydrogens (tertiary/aromatic N) is 1. The highest BCUT2D eigenvalue weighted by molar-refractivity contribution is 7.92. The van der Waals surface area contributed by atoms with Gasteiger partial charge in [-0.1, -0.05) is 31.4 Å². The van der Waals surface area contributed by atoms with Crippen LogP contribution in [0.1, 0.15) is 43.6 Å². The van der Waals surface area contributed by atoms with Gasteiger partial charge in [0.2, 0.25) is 0 Å². The fraction of sp³-hybridized carbons (Fsp3) is 0.389. The van der Waals surface area contributed by atoms with Gasteiger partial charge in [0.25, 0.3) is 15.6 Å². The number of hydrogen-bond acceptors (Lipinski definition) is 3. The van der Waals surface area contributed by atoms with E-state index in [9.17, 15) is 13.2 Å². The lowest BCUT2D eigenvalue weighted by molar-refractivity contribution is 0.443. The predicted molar refractivity (Wildman–Crippen MR) is 94.8 cm³/mol. The Labute approximate surface area is 142 Å². The molecule has 0 unspecified atom stereocenters. The van der Waals surface area contributed by atoms with E-state index in [0.29, 0.717) is 5.92 Å². The molecule has 128 valence electrons. The molecule has 0 atom stereocenters. The van der Waals surface area contributed by atoms with Crippen molar-refractivity contribution in [2.24, 2.45) is 7.05 Å². The summed E-state index contributed by atoms with van der Waals surface area (Å²) in [5.74, 6) is 0.532. The molecule has 0 spiro atoms. The van der Waals surface area contributed by atoms with Crippen LogP contribution in [0.4, 0.5) is 5.69 Å². The van der Waals surface area contributed by atoms with Crippen molar-refractivity contribution in [3.8, 4) is 0 Å². The van der Waals surface area contributed by atoms with Crippen LogP contribution in [-0.2, 0) is 17.1 Å². The summed E-state index contributed by atoms with van der Waals surface area (Å²) in [6.07, 6.45) is 7.69. The molecular weight excluding hydrogens is 324 g/mol. The van der Waals surface area contributed by atoms with E-state index in [4.69, 9.17) is 0 Å². The smallest absolute Gasteiger partial charge is 0.274 e. The molecule has 6 heteroatoms. The maximum absolute atomic E-state index is 12.5. The molecule has 1 fully saturated rings. The van der Waals surface area contributed by atoms with E-state index in [2.05, 4.69) is 4.72 Å². The van der Waals surface area contributed by atoms with Crippen molar-refractivity contribution in [2.75, 3.05) is 4.72 Å². The number of pyridine rings is 1. The Morgan fingerprint density at radius 2 is 1.71 bits per heavy atom. The lowest BCUT2D eigenvalue weighted by Crippen LogP contribution is -2.23. The second-order valence-corrected chi connectivity index (χ2v) is 8.03. The summed E-state index contributed by atoms with van der Waals surface area (Å²) in [5.41, 5.74) is 0.875. The summed E-state index contributed by atoms with van der Waals surface area (Å²) < 4.78 is 28.7. The number of rotatable bonds is 4. The van der Waals surface area contributed by atoms with E-state index >= 15 is 0 Å². The highest BCUT2D eigenvalue weighted by Gasteiger charge is 2.19. The molecule has 1 aromatic heterocycles. The number of anilines is 1. The zero-order chi connectivity index (χ0) is 17.2. The molecular formula is C18H22N2O3S. The van der Waals surface area contributed by atoms with Gasteiger partial charge in [0.1, 0.15) is 5.69 Å². The summed E-state index contributed by atoms with van der Waals surface area (Å²) in [6.45, 7) is 0. The Morgan fingerprint density at radius 1 is 1.04 bits per heavy atom. The first-order valence-corrected chi connectivity index (χ1v) is 9.74. The van der Waals surface area contributed by atoms with E-state index < -0.39 is 10.0 Å². The monoisotopic (exact) mass is 346 g/mol. The first kappa shape index (κ1) is 16.8. The Kier molecular flexibility index (Phi) is 4.76. The van der Waals surface area contributed by atoms with Gasteiger partial charge in [0.15, 0.2) is 0 Å². The fourth-order valence-electron chi connectivity index (χ4n) is 3.23. The highest BCUT2D eigenvalue weighted by atomic mass is 32.2. The summed E-state index contributed by atoms with van der Waals surface area (Å²) in [5, 5.41) is 0. The maximum atomic E-state index is 12.5. The number of benzene rings is 1. The maximum Gasteiger partial charge on any atom is 0.274 e. The average Bonchev–Trinajstić information content (AvgIpc) is 2.60. The van der Waals surface area contributed by atoms with Crippen LogP contribution in [0.15, 0.2) is 52.3 Å². The van der Waals surface area contributed by atoms with Crippen LogP contribution in [-0.4, -0.2) is 13.0 Å². The van der Waals surface area contributed by atoms with Crippen LogP contribution in [0.25, 0.3) is 0 Å². The van der Waals surface area contributed by atoms with Crippen molar-refractivity contribution in [2.45, 2.75) is 42.9 Å². The van der Waals surface area contributed by atoms with Gasteiger partial charge in [-0.2, -0.15) is 0 Å². The van der Waals surface area contributed by atoms with E-state index in [1.165, 1.54) is 48.3 Å². The van der Waals surface area contributed by atoms with Crippen LogP contribution in [0.5, 0.6) is 0 Å². The summed E-state index contributed by atoms with van der Waals surface area (Å²) in [7, 11) is -2.18. The van der Waals surface area contributed by atoms with E-state index in [0.717, 1.165) is 0 Å².